The van der Waals surface area contributed by atoms with Gasteiger partial charge in [-0.05, 0) is 68.5 Å². The van der Waals surface area contributed by atoms with Gasteiger partial charge in [-0.15, -0.1) is 0 Å². The van der Waals surface area contributed by atoms with Crippen molar-refractivity contribution in [3.05, 3.63) is 24.3 Å². The minimum absolute atomic E-state index is 0.233. The van der Waals surface area contributed by atoms with Crippen LogP contribution in [0.2, 0.25) is 0 Å². The van der Waals surface area contributed by atoms with Gasteiger partial charge in [0.2, 0.25) is 5.91 Å². The molecule has 1 unspecified atom stereocenters. The standard InChI is InChI=1S/C18H26N2O3/c1-22-14-3-5-15(6-4-14)23-12-2-9-20-17(21)16-13-18(16)7-10-19-11-8-18/h3-6,16,19H,2,7-13H2,1H3,(H,20,21). The third-order valence-corrected chi connectivity index (χ3v) is 5.05. The lowest BCUT2D eigenvalue weighted by Gasteiger charge is -2.23. The second kappa shape index (κ2) is 7.21. The van der Waals surface area contributed by atoms with Gasteiger partial charge in [0, 0.05) is 12.5 Å². The van der Waals surface area contributed by atoms with Crippen LogP contribution < -0.4 is 20.1 Å². The number of rotatable bonds is 7. The van der Waals surface area contributed by atoms with Crippen LogP contribution in [0.4, 0.5) is 0 Å². The minimum Gasteiger partial charge on any atom is -0.497 e. The van der Waals surface area contributed by atoms with Gasteiger partial charge in [0.25, 0.3) is 0 Å². The quantitative estimate of drug-likeness (QED) is 0.755. The van der Waals surface area contributed by atoms with E-state index in [9.17, 15) is 4.79 Å². The number of nitrogens with one attached hydrogen (secondary N) is 2. The first-order chi connectivity index (χ1) is 11.2. The van der Waals surface area contributed by atoms with Crippen molar-refractivity contribution in [2.75, 3.05) is 33.4 Å². The fourth-order valence-electron chi connectivity index (χ4n) is 3.46. The number of amides is 1. The maximum Gasteiger partial charge on any atom is 0.223 e. The van der Waals surface area contributed by atoms with Crippen molar-refractivity contribution in [2.24, 2.45) is 11.3 Å². The first-order valence-corrected chi connectivity index (χ1v) is 8.49. The van der Waals surface area contributed by atoms with Gasteiger partial charge in [-0.1, -0.05) is 0 Å². The van der Waals surface area contributed by atoms with Crippen LogP contribution in [0.1, 0.15) is 25.7 Å². The molecule has 1 heterocycles. The molecule has 2 aliphatic rings. The molecule has 2 N–H and O–H groups in total. The number of piperidine rings is 1. The van der Waals surface area contributed by atoms with Crippen molar-refractivity contribution in [3.63, 3.8) is 0 Å². The van der Waals surface area contributed by atoms with Gasteiger partial charge in [-0.3, -0.25) is 4.79 Å². The van der Waals surface area contributed by atoms with E-state index in [4.69, 9.17) is 9.47 Å². The summed E-state index contributed by atoms with van der Waals surface area (Å²) < 4.78 is 10.8. The highest BCUT2D eigenvalue weighted by molar-refractivity contribution is 5.82. The number of benzene rings is 1. The predicted molar refractivity (Wildman–Crippen MR) is 88.8 cm³/mol. The van der Waals surface area contributed by atoms with Crippen LogP contribution in [0.3, 0.4) is 0 Å². The van der Waals surface area contributed by atoms with E-state index in [1.165, 1.54) is 0 Å². The summed E-state index contributed by atoms with van der Waals surface area (Å²) in [4.78, 5) is 12.2. The molecule has 1 atom stereocenters. The average molecular weight is 318 g/mol. The molecule has 1 aromatic carbocycles. The van der Waals surface area contributed by atoms with Crippen LogP contribution in [-0.2, 0) is 4.79 Å². The molecule has 0 aromatic heterocycles. The number of carbonyl (C=O) groups is 1. The number of ether oxygens (including phenoxy) is 2. The molecule has 2 fully saturated rings. The van der Waals surface area contributed by atoms with E-state index in [0.717, 1.165) is 50.3 Å². The molecule has 1 spiro atoms. The fraction of sp³-hybridized carbons (Fsp3) is 0.611. The number of methoxy groups -OCH3 is 1. The summed E-state index contributed by atoms with van der Waals surface area (Å²) in [5.41, 5.74) is 0.314. The van der Waals surface area contributed by atoms with E-state index in [-0.39, 0.29) is 11.8 Å². The Morgan fingerprint density at radius 1 is 1.26 bits per heavy atom. The zero-order chi connectivity index (χ0) is 16.1. The lowest BCUT2D eigenvalue weighted by molar-refractivity contribution is -0.123. The van der Waals surface area contributed by atoms with E-state index >= 15 is 0 Å². The Morgan fingerprint density at radius 2 is 1.96 bits per heavy atom. The second-order valence-corrected chi connectivity index (χ2v) is 6.54. The van der Waals surface area contributed by atoms with Gasteiger partial charge in [0.1, 0.15) is 11.5 Å². The summed E-state index contributed by atoms with van der Waals surface area (Å²) in [6, 6.07) is 7.54. The zero-order valence-electron chi connectivity index (χ0n) is 13.8. The second-order valence-electron chi connectivity index (χ2n) is 6.54. The first-order valence-electron chi connectivity index (χ1n) is 8.49. The van der Waals surface area contributed by atoms with E-state index in [1.54, 1.807) is 7.11 Å². The molecule has 3 rings (SSSR count). The Balaban J connectivity index is 1.30. The summed E-state index contributed by atoms with van der Waals surface area (Å²) >= 11 is 0. The van der Waals surface area contributed by atoms with Crippen molar-refractivity contribution >= 4 is 5.91 Å². The molecule has 0 radical (unpaired) electrons. The summed E-state index contributed by atoms with van der Waals surface area (Å²) in [6.45, 7) is 3.39. The van der Waals surface area contributed by atoms with Crippen LogP contribution in [-0.4, -0.2) is 39.3 Å². The lowest BCUT2D eigenvalue weighted by Crippen LogP contribution is -2.34. The average Bonchev–Trinajstić information content (AvgIpc) is 3.28. The smallest absolute Gasteiger partial charge is 0.223 e. The Bertz CT molecular complexity index is 524. The van der Waals surface area contributed by atoms with Gasteiger partial charge in [-0.25, -0.2) is 0 Å². The predicted octanol–water partition coefficient (Wildman–Crippen LogP) is 1.97. The molecular weight excluding hydrogens is 292 g/mol. The Kier molecular flexibility index (Phi) is 5.06. The maximum absolute atomic E-state index is 12.2. The molecule has 126 valence electrons. The third-order valence-electron chi connectivity index (χ3n) is 5.05. The highest BCUT2D eigenvalue weighted by Gasteiger charge is 2.57. The van der Waals surface area contributed by atoms with E-state index in [0.29, 0.717) is 18.6 Å². The lowest BCUT2D eigenvalue weighted by atomic mass is 9.92. The molecule has 5 nitrogen and oxygen atoms in total. The summed E-state index contributed by atoms with van der Waals surface area (Å²) in [7, 11) is 1.65. The molecule has 1 aliphatic carbocycles. The third kappa shape index (κ3) is 3.96. The number of hydrogen-bond acceptors (Lipinski definition) is 4. The van der Waals surface area contributed by atoms with E-state index < -0.39 is 0 Å². The van der Waals surface area contributed by atoms with Gasteiger partial charge in [0.15, 0.2) is 0 Å². The first kappa shape index (κ1) is 16.1. The molecule has 1 aromatic rings. The molecule has 5 heteroatoms. The highest BCUT2D eigenvalue weighted by Crippen LogP contribution is 2.58. The summed E-state index contributed by atoms with van der Waals surface area (Å²) in [5, 5.41) is 6.43. The normalized spacial score (nSPS) is 21.7. The minimum atomic E-state index is 0.233. The Hall–Kier alpha value is -1.75. The fourth-order valence-corrected chi connectivity index (χ4v) is 3.46. The topological polar surface area (TPSA) is 59.6 Å². The van der Waals surface area contributed by atoms with E-state index in [1.807, 2.05) is 24.3 Å². The van der Waals surface area contributed by atoms with Gasteiger partial charge < -0.3 is 20.1 Å². The Morgan fingerprint density at radius 3 is 2.65 bits per heavy atom. The van der Waals surface area contributed by atoms with Gasteiger partial charge >= 0.3 is 0 Å². The Labute approximate surface area is 137 Å². The summed E-state index contributed by atoms with van der Waals surface area (Å²) in [5.74, 6) is 2.12. The molecule has 1 aliphatic heterocycles. The van der Waals surface area contributed by atoms with E-state index in [2.05, 4.69) is 10.6 Å². The van der Waals surface area contributed by atoms with Crippen molar-refractivity contribution in [2.45, 2.75) is 25.7 Å². The largest absolute Gasteiger partial charge is 0.497 e. The van der Waals surface area contributed by atoms with Crippen LogP contribution >= 0.6 is 0 Å². The summed E-state index contributed by atoms with van der Waals surface area (Å²) in [6.07, 6.45) is 4.18. The van der Waals surface area contributed by atoms with Gasteiger partial charge in [0.05, 0.1) is 13.7 Å². The molecule has 1 saturated carbocycles. The zero-order valence-corrected chi connectivity index (χ0v) is 13.8. The van der Waals surface area contributed by atoms with Crippen molar-refractivity contribution in [1.29, 1.82) is 0 Å². The molecule has 1 saturated heterocycles. The van der Waals surface area contributed by atoms with Gasteiger partial charge in [-0.2, -0.15) is 0 Å². The van der Waals surface area contributed by atoms with Crippen molar-refractivity contribution in [3.8, 4) is 11.5 Å². The monoisotopic (exact) mass is 318 g/mol. The SMILES string of the molecule is COc1ccc(OCCCNC(=O)C2CC23CCNCC3)cc1. The van der Waals surface area contributed by atoms with Crippen LogP contribution in [0, 0.1) is 11.3 Å². The number of carbonyl (C=O) groups excluding carboxylic acids is 1. The van der Waals surface area contributed by atoms with Crippen molar-refractivity contribution < 1.29 is 14.3 Å². The number of hydrogen-bond donors (Lipinski definition) is 2. The highest BCUT2D eigenvalue weighted by atomic mass is 16.5. The van der Waals surface area contributed by atoms with Crippen LogP contribution in [0.5, 0.6) is 11.5 Å². The van der Waals surface area contributed by atoms with Crippen molar-refractivity contribution in [1.82, 2.24) is 10.6 Å². The molecule has 1 amide bonds. The maximum atomic E-state index is 12.2. The molecule has 0 bridgehead atoms. The van der Waals surface area contributed by atoms with Crippen LogP contribution in [0.25, 0.3) is 0 Å². The van der Waals surface area contributed by atoms with Crippen LogP contribution in [0.15, 0.2) is 24.3 Å². The molecular formula is C18H26N2O3. The molecule has 23 heavy (non-hydrogen) atoms.